The molecule has 0 spiro atoms. The van der Waals surface area contributed by atoms with Gasteiger partial charge in [-0.25, -0.2) is 4.79 Å². The molecule has 0 aliphatic heterocycles. The van der Waals surface area contributed by atoms with Crippen LogP contribution < -0.4 is 0 Å². The molecule has 0 aromatic carbocycles. The Morgan fingerprint density at radius 3 is 2.73 bits per heavy atom. The van der Waals surface area contributed by atoms with Gasteiger partial charge in [0.05, 0.1) is 11.5 Å². The Kier molecular flexibility index (Phi) is 2.42. The van der Waals surface area contributed by atoms with E-state index in [0.717, 1.165) is 0 Å². The molecule has 0 bridgehead atoms. The van der Waals surface area contributed by atoms with Crippen LogP contribution in [0, 0.1) is 5.92 Å². The van der Waals surface area contributed by atoms with Crippen LogP contribution in [0.1, 0.15) is 0 Å². The molecule has 0 N–H and O–H groups in total. The molecular formula is C8H5ClO2. The summed E-state index contributed by atoms with van der Waals surface area (Å²) >= 11 is 5.21. The van der Waals surface area contributed by atoms with Crippen LogP contribution in [0.5, 0.6) is 0 Å². The SMILES string of the molecule is O=C=C1C=CC=CC1C(=O)Cl. The molecule has 1 rings (SSSR count). The predicted octanol–water partition coefficient (Wildman–Crippen LogP) is 1.25. The molecule has 0 amide bonds. The Morgan fingerprint density at radius 1 is 1.55 bits per heavy atom. The summed E-state index contributed by atoms with van der Waals surface area (Å²) < 4.78 is 0. The third-order valence-electron chi connectivity index (χ3n) is 1.39. The molecule has 0 radical (unpaired) electrons. The average Bonchev–Trinajstić information content (AvgIpc) is 2.04. The van der Waals surface area contributed by atoms with Crippen LogP contribution in [0.2, 0.25) is 0 Å². The highest BCUT2D eigenvalue weighted by molar-refractivity contribution is 6.64. The van der Waals surface area contributed by atoms with Gasteiger partial charge in [0.25, 0.3) is 0 Å². The minimum atomic E-state index is -0.612. The minimum Gasteiger partial charge on any atom is -0.280 e. The second-order valence-corrected chi connectivity index (χ2v) is 2.46. The Bertz CT molecular complexity index is 282. The molecule has 0 saturated heterocycles. The second-order valence-electron chi connectivity index (χ2n) is 2.08. The van der Waals surface area contributed by atoms with Crippen molar-refractivity contribution in [3.63, 3.8) is 0 Å². The van der Waals surface area contributed by atoms with E-state index in [-0.39, 0.29) is 5.57 Å². The van der Waals surface area contributed by atoms with Gasteiger partial charge in [-0.3, -0.25) is 4.79 Å². The first-order valence-corrected chi connectivity index (χ1v) is 3.42. The van der Waals surface area contributed by atoms with Gasteiger partial charge in [-0.1, -0.05) is 18.2 Å². The van der Waals surface area contributed by atoms with Crippen LogP contribution in [-0.2, 0) is 9.59 Å². The number of allylic oxidation sites excluding steroid dienone is 5. The Hall–Kier alpha value is -1.11. The van der Waals surface area contributed by atoms with E-state index >= 15 is 0 Å². The van der Waals surface area contributed by atoms with Crippen LogP contribution in [0.25, 0.3) is 0 Å². The maximum atomic E-state index is 10.6. The fraction of sp³-hybridized carbons (Fsp3) is 0.125. The molecule has 1 atom stereocenters. The Balaban J connectivity index is 2.97. The van der Waals surface area contributed by atoms with Gasteiger partial charge >= 0.3 is 0 Å². The molecule has 1 aliphatic carbocycles. The van der Waals surface area contributed by atoms with Crippen molar-refractivity contribution in [1.82, 2.24) is 0 Å². The van der Waals surface area contributed by atoms with Crippen molar-refractivity contribution in [2.24, 2.45) is 5.92 Å². The molecule has 0 aromatic rings. The van der Waals surface area contributed by atoms with Crippen molar-refractivity contribution in [1.29, 1.82) is 0 Å². The van der Waals surface area contributed by atoms with Gasteiger partial charge in [-0.2, -0.15) is 0 Å². The van der Waals surface area contributed by atoms with Crippen molar-refractivity contribution < 1.29 is 9.59 Å². The van der Waals surface area contributed by atoms with Gasteiger partial charge < -0.3 is 0 Å². The molecule has 1 aliphatic rings. The van der Waals surface area contributed by atoms with E-state index in [9.17, 15) is 9.59 Å². The van der Waals surface area contributed by atoms with Gasteiger partial charge in [0.1, 0.15) is 5.94 Å². The number of carbonyl (C=O) groups is 1. The van der Waals surface area contributed by atoms with Crippen LogP contribution in [0.3, 0.4) is 0 Å². The number of hydrogen-bond acceptors (Lipinski definition) is 2. The third-order valence-corrected chi connectivity index (χ3v) is 1.62. The highest BCUT2D eigenvalue weighted by Crippen LogP contribution is 2.18. The summed E-state index contributed by atoms with van der Waals surface area (Å²) in [7, 11) is 0. The standard InChI is InChI=1S/C8H5ClO2/c9-8(11)7-4-2-1-3-6(7)5-10/h1-4,7H. The summed E-state index contributed by atoms with van der Waals surface area (Å²) in [5.41, 5.74) is 0.285. The molecule has 0 heterocycles. The molecule has 11 heavy (non-hydrogen) atoms. The molecule has 56 valence electrons. The second kappa shape index (κ2) is 3.33. The molecule has 0 saturated carbocycles. The molecule has 1 unspecified atom stereocenters. The van der Waals surface area contributed by atoms with E-state index in [4.69, 9.17) is 11.6 Å². The first-order valence-electron chi connectivity index (χ1n) is 3.05. The monoisotopic (exact) mass is 168 g/mol. The normalized spacial score (nSPS) is 21.5. The van der Waals surface area contributed by atoms with Crippen molar-refractivity contribution in [3.8, 4) is 0 Å². The van der Waals surface area contributed by atoms with Crippen molar-refractivity contribution in [2.45, 2.75) is 0 Å². The first kappa shape index (κ1) is 7.99. The zero-order valence-corrected chi connectivity index (χ0v) is 6.34. The lowest BCUT2D eigenvalue weighted by atomic mass is 9.97. The number of rotatable bonds is 1. The first-order chi connectivity index (χ1) is 5.25. The zero-order chi connectivity index (χ0) is 8.27. The predicted molar refractivity (Wildman–Crippen MR) is 41.8 cm³/mol. The third kappa shape index (κ3) is 1.67. The molecular weight excluding hydrogens is 164 g/mol. The average molecular weight is 169 g/mol. The molecule has 0 fully saturated rings. The molecule has 3 heteroatoms. The maximum Gasteiger partial charge on any atom is 0.233 e. The van der Waals surface area contributed by atoms with E-state index in [0.29, 0.717) is 0 Å². The van der Waals surface area contributed by atoms with Gasteiger partial charge in [-0.15, -0.1) is 0 Å². The molecule has 2 nitrogen and oxygen atoms in total. The van der Waals surface area contributed by atoms with Gasteiger partial charge in [0.15, 0.2) is 0 Å². The summed E-state index contributed by atoms with van der Waals surface area (Å²) in [5.74, 6) is 1.05. The molecule has 0 aromatic heterocycles. The number of hydrogen-bond donors (Lipinski definition) is 0. The lowest BCUT2D eigenvalue weighted by Gasteiger charge is -2.07. The zero-order valence-electron chi connectivity index (χ0n) is 5.58. The van der Waals surface area contributed by atoms with Crippen molar-refractivity contribution in [3.05, 3.63) is 29.9 Å². The summed E-state index contributed by atoms with van der Waals surface area (Å²) in [6, 6.07) is 0. The topological polar surface area (TPSA) is 34.1 Å². The number of carbonyl (C=O) groups excluding carboxylic acids is 2. The summed E-state index contributed by atoms with van der Waals surface area (Å²) in [4.78, 5) is 20.9. The van der Waals surface area contributed by atoms with Crippen LogP contribution in [0.15, 0.2) is 29.9 Å². The van der Waals surface area contributed by atoms with Crippen LogP contribution in [-0.4, -0.2) is 11.2 Å². The van der Waals surface area contributed by atoms with Crippen molar-refractivity contribution >= 4 is 22.8 Å². The lowest BCUT2D eigenvalue weighted by molar-refractivity contribution is -0.113. The quantitative estimate of drug-likeness (QED) is 0.436. The van der Waals surface area contributed by atoms with E-state index < -0.39 is 11.2 Å². The smallest absolute Gasteiger partial charge is 0.233 e. The van der Waals surface area contributed by atoms with E-state index in [1.807, 2.05) is 0 Å². The van der Waals surface area contributed by atoms with Gasteiger partial charge in [-0.05, 0) is 17.7 Å². The summed E-state index contributed by atoms with van der Waals surface area (Å²) in [6.07, 6.45) is 6.43. The fourth-order valence-electron chi connectivity index (χ4n) is 0.837. The number of halogens is 1. The van der Waals surface area contributed by atoms with Gasteiger partial charge in [0.2, 0.25) is 5.24 Å². The van der Waals surface area contributed by atoms with E-state index in [1.54, 1.807) is 24.2 Å². The summed E-state index contributed by atoms with van der Waals surface area (Å²) in [6.45, 7) is 0. The van der Waals surface area contributed by atoms with E-state index in [1.165, 1.54) is 6.08 Å². The van der Waals surface area contributed by atoms with Gasteiger partial charge in [0, 0.05) is 0 Å². The van der Waals surface area contributed by atoms with Crippen LogP contribution >= 0.6 is 11.6 Å². The fourth-order valence-corrected chi connectivity index (χ4v) is 1.03. The highest BCUT2D eigenvalue weighted by Gasteiger charge is 2.18. The minimum absolute atomic E-state index is 0.285. The lowest BCUT2D eigenvalue weighted by Crippen LogP contribution is -2.09. The largest absolute Gasteiger partial charge is 0.280 e. The Morgan fingerprint density at radius 2 is 2.27 bits per heavy atom. The van der Waals surface area contributed by atoms with Crippen molar-refractivity contribution in [2.75, 3.05) is 0 Å². The highest BCUT2D eigenvalue weighted by atomic mass is 35.5. The van der Waals surface area contributed by atoms with E-state index in [2.05, 4.69) is 0 Å². The maximum absolute atomic E-state index is 10.6. The Labute approximate surface area is 68.8 Å². The van der Waals surface area contributed by atoms with Crippen LogP contribution in [0.4, 0.5) is 0 Å². The summed E-state index contributed by atoms with van der Waals surface area (Å²) in [5, 5.41) is -0.552.